The van der Waals surface area contributed by atoms with Gasteiger partial charge in [-0.25, -0.2) is 0 Å². The van der Waals surface area contributed by atoms with Crippen LogP contribution in [0.15, 0.2) is 18.2 Å². The number of ether oxygens (including phenoxy) is 1. The van der Waals surface area contributed by atoms with E-state index in [9.17, 15) is 4.79 Å². The zero-order valence-electron chi connectivity index (χ0n) is 13.1. The first-order valence-corrected chi connectivity index (χ1v) is 7.49. The van der Waals surface area contributed by atoms with Crippen LogP contribution in [0.3, 0.4) is 0 Å². The van der Waals surface area contributed by atoms with Crippen molar-refractivity contribution in [3.8, 4) is 5.75 Å². The predicted molar refractivity (Wildman–Crippen MR) is 85.5 cm³/mol. The van der Waals surface area contributed by atoms with Crippen LogP contribution in [0.4, 0.5) is 11.4 Å². The lowest BCUT2D eigenvalue weighted by molar-refractivity contribution is -0.121. The van der Waals surface area contributed by atoms with Crippen molar-refractivity contribution in [2.24, 2.45) is 0 Å². The fourth-order valence-electron chi connectivity index (χ4n) is 2.83. The van der Waals surface area contributed by atoms with E-state index in [1.54, 1.807) is 25.3 Å². The molecule has 1 aliphatic rings. The second-order valence-electron chi connectivity index (χ2n) is 5.72. The maximum absolute atomic E-state index is 12.4. The normalized spacial score (nSPS) is 17.0. The van der Waals surface area contributed by atoms with Crippen molar-refractivity contribution in [2.45, 2.75) is 44.7 Å². The fraction of sp³-hybridized carbons (Fsp3) is 0.562. The Morgan fingerprint density at radius 2 is 2.10 bits per heavy atom. The molecule has 1 unspecified atom stereocenters. The topological polar surface area (TPSA) is 67.6 Å². The fourth-order valence-corrected chi connectivity index (χ4v) is 2.83. The van der Waals surface area contributed by atoms with Gasteiger partial charge in [0.15, 0.2) is 0 Å². The number of hydrogen-bond acceptors (Lipinski definition) is 4. The third-order valence-electron chi connectivity index (χ3n) is 4.41. The van der Waals surface area contributed by atoms with Gasteiger partial charge in [0.2, 0.25) is 5.91 Å². The van der Waals surface area contributed by atoms with Gasteiger partial charge in [-0.15, -0.1) is 0 Å². The molecule has 0 aromatic heterocycles. The molecule has 1 saturated carbocycles. The summed E-state index contributed by atoms with van der Waals surface area (Å²) in [5.41, 5.74) is 7.08. The highest BCUT2D eigenvalue weighted by molar-refractivity contribution is 5.97. The van der Waals surface area contributed by atoms with E-state index in [0.717, 1.165) is 0 Å². The second-order valence-corrected chi connectivity index (χ2v) is 5.72. The van der Waals surface area contributed by atoms with Crippen LogP contribution >= 0.6 is 0 Å². The summed E-state index contributed by atoms with van der Waals surface area (Å²) in [6.07, 6.45) is 4.88. The van der Waals surface area contributed by atoms with Gasteiger partial charge in [-0.05, 0) is 38.9 Å². The van der Waals surface area contributed by atoms with Gasteiger partial charge >= 0.3 is 0 Å². The zero-order chi connectivity index (χ0) is 15.4. The van der Waals surface area contributed by atoms with E-state index in [2.05, 4.69) is 10.2 Å². The van der Waals surface area contributed by atoms with E-state index in [0.29, 0.717) is 23.2 Å². The second kappa shape index (κ2) is 6.80. The van der Waals surface area contributed by atoms with E-state index in [4.69, 9.17) is 10.5 Å². The Morgan fingerprint density at radius 1 is 1.43 bits per heavy atom. The van der Waals surface area contributed by atoms with Gasteiger partial charge in [-0.2, -0.15) is 0 Å². The maximum Gasteiger partial charge on any atom is 0.241 e. The van der Waals surface area contributed by atoms with Crippen LogP contribution in [0, 0.1) is 0 Å². The molecule has 0 aliphatic heterocycles. The summed E-state index contributed by atoms with van der Waals surface area (Å²) >= 11 is 0. The molecule has 5 heteroatoms. The van der Waals surface area contributed by atoms with Gasteiger partial charge in [0.1, 0.15) is 5.75 Å². The van der Waals surface area contributed by atoms with Crippen LogP contribution in [0.5, 0.6) is 5.75 Å². The molecule has 1 atom stereocenters. The zero-order valence-corrected chi connectivity index (χ0v) is 13.1. The number of amides is 1. The van der Waals surface area contributed by atoms with Gasteiger partial charge in [0, 0.05) is 12.1 Å². The molecular formula is C16H25N3O2. The standard InChI is InChI=1S/C16H25N3O2/c1-11(19(2)12-6-4-5-7-12)16(20)18-15-9-8-13(21-3)10-14(15)17/h8-12H,4-7,17H2,1-3H3,(H,18,20). The van der Waals surface area contributed by atoms with Crippen LogP contribution in [0.1, 0.15) is 32.6 Å². The van der Waals surface area contributed by atoms with Crippen LogP contribution in [-0.2, 0) is 4.79 Å². The van der Waals surface area contributed by atoms with Crippen molar-refractivity contribution >= 4 is 17.3 Å². The average Bonchev–Trinajstić information content (AvgIpc) is 3.01. The molecule has 1 fully saturated rings. The van der Waals surface area contributed by atoms with Crippen LogP contribution < -0.4 is 15.8 Å². The molecule has 2 rings (SSSR count). The summed E-state index contributed by atoms with van der Waals surface area (Å²) < 4.78 is 5.11. The number of rotatable bonds is 5. The van der Waals surface area contributed by atoms with Gasteiger partial charge in [0.05, 0.1) is 24.5 Å². The summed E-state index contributed by atoms with van der Waals surface area (Å²) in [5.74, 6) is 0.655. The van der Waals surface area contributed by atoms with Gasteiger partial charge in [0.25, 0.3) is 0 Å². The number of nitrogen functional groups attached to an aromatic ring is 1. The highest BCUT2D eigenvalue weighted by atomic mass is 16.5. The van der Waals surface area contributed by atoms with E-state index >= 15 is 0 Å². The lowest BCUT2D eigenvalue weighted by atomic mass is 10.1. The number of nitrogens with zero attached hydrogens (tertiary/aromatic N) is 1. The first kappa shape index (κ1) is 15.6. The molecule has 1 aromatic rings. The Labute approximate surface area is 126 Å². The number of carbonyl (C=O) groups is 1. The van der Waals surface area contributed by atoms with Crippen LogP contribution in [0.2, 0.25) is 0 Å². The van der Waals surface area contributed by atoms with Crippen LogP contribution in [-0.4, -0.2) is 37.0 Å². The summed E-state index contributed by atoms with van der Waals surface area (Å²) in [6.45, 7) is 1.94. The number of anilines is 2. The number of nitrogens with one attached hydrogen (secondary N) is 1. The molecule has 3 N–H and O–H groups in total. The van der Waals surface area contributed by atoms with E-state index < -0.39 is 0 Å². The quantitative estimate of drug-likeness (QED) is 0.818. The highest BCUT2D eigenvalue weighted by Crippen LogP contribution is 2.26. The van der Waals surface area contributed by atoms with Crippen molar-refractivity contribution < 1.29 is 9.53 Å². The Bertz CT molecular complexity index is 498. The number of benzene rings is 1. The van der Waals surface area contributed by atoms with Crippen molar-refractivity contribution in [1.29, 1.82) is 0 Å². The highest BCUT2D eigenvalue weighted by Gasteiger charge is 2.27. The molecule has 0 radical (unpaired) electrons. The summed E-state index contributed by atoms with van der Waals surface area (Å²) in [7, 11) is 3.61. The molecular weight excluding hydrogens is 266 g/mol. The molecule has 0 saturated heterocycles. The van der Waals surface area contributed by atoms with Gasteiger partial charge in [-0.3, -0.25) is 9.69 Å². The minimum absolute atomic E-state index is 0.0266. The SMILES string of the molecule is COc1ccc(NC(=O)C(C)N(C)C2CCCC2)c(N)c1. The molecule has 5 nitrogen and oxygen atoms in total. The summed E-state index contributed by atoms with van der Waals surface area (Å²) in [6, 6.07) is 5.61. The van der Waals surface area contributed by atoms with Gasteiger partial charge in [-0.1, -0.05) is 12.8 Å². The lowest BCUT2D eigenvalue weighted by Crippen LogP contribution is -2.44. The largest absolute Gasteiger partial charge is 0.497 e. The Kier molecular flexibility index (Phi) is 5.07. The van der Waals surface area contributed by atoms with E-state index in [1.165, 1.54) is 25.7 Å². The van der Waals surface area contributed by atoms with Crippen LogP contribution in [0.25, 0.3) is 0 Å². The summed E-state index contributed by atoms with van der Waals surface area (Å²) in [5, 5.41) is 2.90. The van der Waals surface area contributed by atoms with Crippen molar-refractivity contribution in [3.05, 3.63) is 18.2 Å². The van der Waals surface area contributed by atoms with Crippen molar-refractivity contribution in [3.63, 3.8) is 0 Å². The minimum atomic E-state index is -0.172. The van der Waals surface area contributed by atoms with Gasteiger partial charge < -0.3 is 15.8 Å². The van der Waals surface area contributed by atoms with E-state index in [-0.39, 0.29) is 11.9 Å². The molecule has 0 heterocycles. The Morgan fingerprint density at radius 3 is 2.67 bits per heavy atom. The molecule has 0 bridgehead atoms. The molecule has 0 spiro atoms. The number of likely N-dealkylation sites (N-methyl/N-ethyl adjacent to an activating group) is 1. The smallest absolute Gasteiger partial charge is 0.241 e. The molecule has 1 amide bonds. The number of hydrogen-bond donors (Lipinski definition) is 2. The first-order chi connectivity index (χ1) is 10.0. The Hall–Kier alpha value is -1.75. The molecule has 116 valence electrons. The lowest BCUT2D eigenvalue weighted by Gasteiger charge is -2.29. The molecule has 21 heavy (non-hydrogen) atoms. The summed E-state index contributed by atoms with van der Waals surface area (Å²) in [4.78, 5) is 14.5. The molecule has 1 aliphatic carbocycles. The monoisotopic (exact) mass is 291 g/mol. The Balaban J connectivity index is 1.99. The third-order valence-corrected chi connectivity index (χ3v) is 4.41. The van der Waals surface area contributed by atoms with Crippen molar-refractivity contribution in [1.82, 2.24) is 4.90 Å². The number of carbonyl (C=O) groups excluding carboxylic acids is 1. The van der Waals surface area contributed by atoms with E-state index in [1.807, 2.05) is 14.0 Å². The van der Waals surface area contributed by atoms with Crippen molar-refractivity contribution in [2.75, 3.05) is 25.2 Å². The molecule has 1 aromatic carbocycles. The number of methoxy groups -OCH3 is 1. The average molecular weight is 291 g/mol. The maximum atomic E-state index is 12.4. The predicted octanol–water partition coefficient (Wildman–Crippen LogP) is 2.48. The number of nitrogens with two attached hydrogens (primary N) is 1. The minimum Gasteiger partial charge on any atom is -0.497 e. The third kappa shape index (κ3) is 3.67. The first-order valence-electron chi connectivity index (χ1n) is 7.49.